The molecule has 0 amide bonds. The lowest BCUT2D eigenvalue weighted by Crippen LogP contribution is -2.19. The van der Waals surface area contributed by atoms with Crippen LogP contribution in [0.1, 0.15) is 25.7 Å². The summed E-state index contributed by atoms with van der Waals surface area (Å²) in [5, 5.41) is 6.57. The standard InChI is InChI=1S/C20H30N6O3/c21-10-12-27-14-15-28-13-11-22-18-24-19(23-16-6-4-5-7-16)26-20(25-18)29-17-8-2-1-3-9-17/h1-3,8-9,16H,4-7,10-15,21H2,(H2,22,23,24,25,26). The number of para-hydroxylation sites is 1. The fraction of sp³-hybridized carbons (Fsp3) is 0.550. The van der Waals surface area contributed by atoms with Gasteiger partial charge in [-0.2, -0.15) is 15.0 Å². The number of hydrogen-bond acceptors (Lipinski definition) is 9. The molecule has 0 atom stereocenters. The van der Waals surface area contributed by atoms with Crippen LogP contribution < -0.4 is 21.1 Å². The highest BCUT2D eigenvalue weighted by Gasteiger charge is 2.17. The van der Waals surface area contributed by atoms with E-state index in [1.54, 1.807) is 0 Å². The predicted octanol–water partition coefficient (Wildman–Crippen LogP) is 2.42. The maximum absolute atomic E-state index is 5.81. The number of ether oxygens (including phenoxy) is 3. The number of anilines is 2. The van der Waals surface area contributed by atoms with Crippen molar-refractivity contribution in [3.05, 3.63) is 30.3 Å². The fourth-order valence-corrected chi connectivity index (χ4v) is 3.03. The minimum absolute atomic E-state index is 0.255. The molecule has 1 aromatic heterocycles. The Balaban J connectivity index is 1.55. The molecular weight excluding hydrogens is 372 g/mol. The second-order valence-corrected chi connectivity index (χ2v) is 6.75. The molecule has 0 bridgehead atoms. The van der Waals surface area contributed by atoms with E-state index >= 15 is 0 Å². The van der Waals surface area contributed by atoms with Gasteiger partial charge in [0.1, 0.15) is 5.75 Å². The molecule has 158 valence electrons. The van der Waals surface area contributed by atoms with Crippen LogP contribution in [0.25, 0.3) is 0 Å². The molecule has 1 heterocycles. The lowest BCUT2D eigenvalue weighted by Gasteiger charge is -2.14. The molecule has 9 heteroatoms. The monoisotopic (exact) mass is 402 g/mol. The summed E-state index contributed by atoms with van der Waals surface area (Å²) in [6.07, 6.45) is 4.72. The molecule has 0 aliphatic heterocycles. The first-order chi connectivity index (χ1) is 14.3. The minimum atomic E-state index is 0.255. The minimum Gasteiger partial charge on any atom is -0.424 e. The van der Waals surface area contributed by atoms with Gasteiger partial charge >= 0.3 is 6.01 Å². The molecule has 1 fully saturated rings. The van der Waals surface area contributed by atoms with Crippen molar-refractivity contribution in [2.24, 2.45) is 5.73 Å². The van der Waals surface area contributed by atoms with Gasteiger partial charge in [0.2, 0.25) is 11.9 Å². The predicted molar refractivity (Wildman–Crippen MR) is 111 cm³/mol. The smallest absolute Gasteiger partial charge is 0.328 e. The zero-order valence-corrected chi connectivity index (χ0v) is 16.7. The molecule has 1 aromatic carbocycles. The molecule has 0 radical (unpaired) electrons. The van der Waals surface area contributed by atoms with E-state index in [2.05, 4.69) is 25.6 Å². The first-order valence-electron chi connectivity index (χ1n) is 10.2. The van der Waals surface area contributed by atoms with Gasteiger partial charge < -0.3 is 30.6 Å². The van der Waals surface area contributed by atoms with E-state index in [-0.39, 0.29) is 6.01 Å². The van der Waals surface area contributed by atoms with Crippen molar-refractivity contribution in [1.82, 2.24) is 15.0 Å². The molecule has 1 aliphatic carbocycles. The second kappa shape index (κ2) is 12.2. The topological polar surface area (TPSA) is 116 Å². The first kappa shape index (κ1) is 21.2. The Morgan fingerprint density at radius 2 is 1.62 bits per heavy atom. The molecule has 0 saturated heterocycles. The molecule has 4 N–H and O–H groups in total. The summed E-state index contributed by atoms with van der Waals surface area (Å²) in [4.78, 5) is 13.3. The van der Waals surface area contributed by atoms with Crippen molar-refractivity contribution in [1.29, 1.82) is 0 Å². The summed E-state index contributed by atoms with van der Waals surface area (Å²) in [5.41, 5.74) is 5.37. The lowest BCUT2D eigenvalue weighted by atomic mass is 10.3. The van der Waals surface area contributed by atoms with Crippen molar-refractivity contribution < 1.29 is 14.2 Å². The maximum Gasteiger partial charge on any atom is 0.328 e. The Morgan fingerprint density at radius 1 is 0.897 bits per heavy atom. The Bertz CT molecular complexity index is 713. The van der Waals surface area contributed by atoms with Gasteiger partial charge in [-0.3, -0.25) is 0 Å². The third-order valence-corrected chi connectivity index (χ3v) is 4.42. The Kier molecular flexibility index (Phi) is 8.89. The number of aromatic nitrogens is 3. The zero-order valence-electron chi connectivity index (χ0n) is 16.7. The van der Waals surface area contributed by atoms with E-state index in [0.29, 0.717) is 63.2 Å². The van der Waals surface area contributed by atoms with Gasteiger partial charge in [-0.15, -0.1) is 0 Å². The molecule has 1 saturated carbocycles. The first-order valence-corrected chi connectivity index (χ1v) is 10.2. The highest BCUT2D eigenvalue weighted by Crippen LogP contribution is 2.23. The van der Waals surface area contributed by atoms with Gasteiger partial charge in [0.15, 0.2) is 0 Å². The lowest BCUT2D eigenvalue weighted by molar-refractivity contribution is 0.0547. The largest absolute Gasteiger partial charge is 0.424 e. The molecule has 2 aromatic rings. The summed E-state index contributed by atoms with van der Waals surface area (Å²) in [6, 6.07) is 10.1. The second-order valence-electron chi connectivity index (χ2n) is 6.75. The zero-order chi connectivity index (χ0) is 20.2. The van der Waals surface area contributed by atoms with E-state index in [0.717, 1.165) is 12.8 Å². The molecule has 1 aliphatic rings. The van der Waals surface area contributed by atoms with Crippen LogP contribution in [0.5, 0.6) is 11.8 Å². The molecule has 9 nitrogen and oxygen atoms in total. The average Bonchev–Trinajstić information content (AvgIpc) is 3.24. The number of nitrogens with zero attached hydrogens (tertiary/aromatic N) is 3. The molecule has 3 rings (SSSR count). The summed E-state index contributed by atoms with van der Waals surface area (Å²) in [7, 11) is 0. The van der Waals surface area contributed by atoms with E-state index in [1.807, 2.05) is 30.3 Å². The Labute approximate surface area is 171 Å². The van der Waals surface area contributed by atoms with E-state index in [1.165, 1.54) is 12.8 Å². The Hall–Kier alpha value is -2.49. The van der Waals surface area contributed by atoms with Crippen LogP contribution in [0.4, 0.5) is 11.9 Å². The summed E-state index contributed by atoms with van der Waals surface area (Å²) >= 11 is 0. The van der Waals surface area contributed by atoms with Crippen molar-refractivity contribution in [2.75, 3.05) is 50.2 Å². The van der Waals surface area contributed by atoms with Crippen molar-refractivity contribution in [3.8, 4) is 11.8 Å². The summed E-state index contributed by atoms with van der Waals surface area (Å²) in [5.74, 6) is 1.66. The molecular formula is C20H30N6O3. The highest BCUT2D eigenvalue weighted by molar-refractivity contribution is 5.38. The number of hydrogen-bond donors (Lipinski definition) is 3. The molecule has 0 unspecified atom stereocenters. The Morgan fingerprint density at radius 3 is 2.38 bits per heavy atom. The fourth-order valence-electron chi connectivity index (χ4n) is 3.03. The number of benzene rings is 1. The number of nitrogens with two attached hydrogens (primary N) is 1. The van der Waals surface area contributed by atoms with Gasteiger partial charge in [0, 0.05) is 19.1 Å². The van der Waals surface area contributed by atoms with Crippen LogP contribution >= 0.6 is 0 Å². The SMILES string of the molecule is NCCOCCOCCNc1nc(NC2CCCC2)nc(Oc2ccccc2)n1. The summed E-state index contributed by atoms with van der Waals surface area (Å²) in [6.45, 7) is 3.20. The van der Waals surface area contributed by atoms with E-state index < -0.39 is 0 Å². The van der Waals surface area contributed by atoms with Crippen molar-refractivity contribution in [3.63, 3.8) is 0 Å². The third-order valence-electron chi connectivity index (χ3n) is 4.42. The van der Waals surface area contributed by atoms with Crippen LogP contribution in [0, 0.1) is 0 Å². The van der Waals surface area contributed by atoms with Crippen LogP contribution in [-0.4, -0.2) is 60.5 Å². The van der Waals surface area contributed by atoms with Gasteiger partial charge in [-0.25, -0.2) is 0 Å². The number of nitrogens with one attached hydrogen (secondary N) is 2. The summed E-state index contributed by atoms with van der Waals surface area (Å²) < 4.78 is 16.6. The van der Waals surface area contributed by atoms with Crippen LogP contribution in [0.15, 0.2) is 30.3 Å². The van der Waals surface area contributed by atoms with Gasteiger partial charge in [-0.05, 0) is 25.0 Å². The normalized spacial score (nSPS) is 14.1. The highest BCUT2D eigenvalue weighted by atomic mass is 16.5. The maximum atomic E-state index is 5.81. The van der Waals surface area contributed by atoms with Gasteiger partial charge in [0.25, 0.3) is 0 Å². The molecule has 29 heavy (non-hydrogen) atoms. The van der Waals surface area contributed by atoms with Crippen molar-refractivity contribution in [2.45, 2.75) is 31.7 Å². The third kappa shape index (κ3) is 7.80. The van der Waals surface area contributed by atoms with Gasteiger partial charge in [0.05, 0.1) is 26.4 Å². The average molecular weight is 402 g/mol. The van der Waals surface area contributed by atoms with E-state index in [9.17, 15) is 0 Å². The van der Waals surface area contributed by atoms with Crippen LogP contribution in [0.2, 0.25) is 0 Å². The van der Waals surface area contributed by atoms with E-state index in [4.69, 9.17) is 19.9 Å². The van der Waals surface area contributed by atoms with Crippen LogP contribution in [0.3, 0.4) is 0 Å². The number of rotatable bonds is 13. The van der Waals surface area contributed by atoms with Gasteiger partial charge in [-0.1, -0.05) is 31.0 Å². The molecule has 0 spiro atoms. The van der Waals surface area contributed by atoms with Crippen LogP contribution in [-0.2, 0) is 9.47 Å². The quantitative estimate of drug-likeness (QED) is 0.434. The van der Waals surface area contributed by atoms with Crippen molar-refractivity contribution >= 4 is 11.9 Å².